The van der Waals surface area contributed by atoms with Gasteiger partial charge in [0.25, 0.3) is 0 Å². The first-order valence-corrected chi connectivity index (χ1v) is 13.6. The zero-order chi connectivity index (χ0) is 14.9. The van der Waals surface area contributed by atoms with Gasteiger partial charge < -0.3 is 0 Å². The van der Waals surface area contributed by atoms with Crippen molar-refractivity contribution in [1.29, 1.82) is 0 Å². The van der Waals surface area contributed by atoms with E-state index in [2.05, 4.69) is 48.5 Å². The second kappa shape index (κ2) is 10.9. The summed E-state index contributed by atoms with van der Waals surface area (Å²) in [4.78, 5) is 0. The van der Waals surface area contributed by atoms with Crippen LogP contribution in [0.4, 0.5) is 0 Å². The van der Waals surface area contributed by atoms with Gasteiger partial charge in [-0.3, -0.25) is 0 Å². The molecule has 0 aromatic carbocycles. The predicted octanol–water partition coefficient (Wildman–Crippen LogP) is 6.31. The van der Waals surface area contributed by atoms with E-state index in [1.807, 2.05) is 0 Å². The van der Waals surface area contributed by atoms with Crippen LogP contribution in [0.1, 0.15) is 48.5 Å². The maximum Gasteiger partial charge on any atom is -0.0179 e. The molecule has 0 aliphatic heterocycles. The van der Waals surface area contributed by atoms with Crippen LogP contribution >= 0.6 is 23.8 Å². The minimum absolute atomic E-state index is 0.243. The van der Waals surface area contributed by atoms with Gasteiger partial charge in [-0.15, -0.1) is 23.8 Å². The van der Waals surface area contributed by atoms with Crippen molar-refractivity contribution in [2.24, 2.45) is 0 Å². The summed E-state index contributed by atoms with van der Waals surface area (Å²) >= 11 is 0. The third kappa shape index (κ3) is 9.02. The van der Waals surface area contributed by atoms with E-state index in [-0.39, 0.29) is 7.92 Å². The van der Waals surface area contributed by atoms with Crippen molar-refractivity contribution in [1.82, 2.24) is 0 Å². The molecule has 116 valence electrons. The fourth-order valence-electron chi connectivity index (χ4n) is 2.39. The Hall–Kier alpha value is 1.29. The van der Waals surface area contributed by atoms with Gasteiger partial charge in [-0.05, 0) is 54.5 Å². The highest BCUT2D eigenvalue weighted by atomic mass is 31.1. The second-order valence-corrected chi connectivity index (χ2v) is 15.6. The fourth-order valence-corrected chi connectivity index (χ4v) is 10.3. The zero-order valence-corrected chi connectivity index (χ0v) is 17.2. The van der Waals surface area contributed by atoms with Crippen molar-refractivity contribution >= 4 is 23.8 Å². The zero-order valence-electron chi connectivity index (χ0n) is 14.5. The van der Waals surface area contributed by atoms with E-state index >= 15 is 0 Å². The van der Waals surface area contributed by atoms with Crippen LogP contribution in [-0.2, 0) is 0 Å². The van der Waals surface area contributed by atoms with E-state index in [9.17, 15) is 0 Å². The summed E-state index contributed by atoms with van der Waals surface area (Å²) in [6.07, 6.45) is 11.9. The maximum atomic E-state index is 2.49. The van der Waals surface area contributed by atoms with Gasteiger partial charge in [0.15, 0.2) is 0 Å². The van der Waals surface area contributed by atoms with Crippen molar-refractivity contribution in [2.45, 2.75) is 53.6 Å². The Morgan fingerprint density at radius 2 is 0.895 bits per heavy atom. The largest absolute Gasteiger partial charge is 0.107 e. The quantitative estimate of drug-likeness (QED) is 0.413. The van der Waals surface area contributed by atoms with Gasteiger partial charge in [0.2, 0.25) is 0 Å². The molecule has 0 aliphatic rings. The van der Waals surface area contributed by atoms with Gasteiger partial charge in [0, 0.05) is 0 Å². The molecule has 0 saturated carbocycles. The predicted molar refractivity (Wildman–Crippen MR) is 102 cm³/mol. The Kier molecular flexibility index (Phi) is 11.7. The average Bonchev–Trinajstić information content (AvgIpc) is 2.36. The van der Waals surface area contributed by atoms with Crippen molar-refractivity contribution < 1.29 is 0 Å². The molecule has 0 atom stereocenters. The van der Waals surface area contributed by atoms with Gasteiger partial charge in [-0.2, -0.15) is 0 Å². The van der Waals surface area contributed by atoms with E-state index in [0.29, 0.717) is 21.0 Å². The summed E-state index contributed by atoms with van der Waals surface area (Å²) in [6, 6.07) is 0. The molecule has 0 bridgehead atoms. The average molecular weight is 322 g/mol. The molecule has 0 amide bonds. The van der Waals surface area contributed by atoms with E-state index in [4.69, 9.17) is 0 Å². The molecule has 0 unspecified atom stereocenters. The van der Waals surface area contributed by atoms with Crippen LogP contribution in [0, 0.1) is 0 Å². The molecule has 0 spiro atoms. The van der Waals surface area contributed by atoms with E-state index in [1.54, 1.807) is 24.6 Å². The van der Waals surface area contributed by atoms with Crippen LogP contribution < -0.4 is 0 Å². The Morgan fingerprint density at radius 3 is 1.11 bits per heavy atom. The van der Waals surface area contributed by atoms with Gasteiger partial charge in [-0.25, -0.2) is 0 Å². The summed E-state index contributed by atoms with van der Waals surface area (Å²) in [5.74, 6) is 0. The van der Waals surface area contributed by atoms with Crippen LogP contribution in [0.2, 0.25) is 0 Å². The molecule has 0 fully saturated rings. The molecule has 0 N–H and O–H groups in total. The summed E-state index contributed by atoms with van der Waals surface area (Å²) in [5, 5.41) is 0.570. The topological polar surface area (TPSA) is 0 Å². The molecule has 0 saturated heterocycles. The van der Waals surface area contributed by atoms with Crippen molar-refractivity contribution in [3.63, 3.8) is 0 Å². The van der Waals surface area contributed by atoms with Gasteiger partial charge in [-0.1, -0.05) is 48.5 Å². The number of hydrogen-bond acceptors (Lipinski definition) is 0. The molecule has 19 heavy (non-hydrogen) atoms. The number of rotatable bonds is 10. The van der Waals surface area contributed by atoms with Crippen LogP contribution in [0.15, 0.2) is 0 Å². The van der Waals surface area contributed by atoms with Gasteiger partial charge in [0.1, 0.15) is 0 Å². The van der Waals surface area contributed by atoms with Crippen LogP contribution in [-0.4, -0.2) is 54.5 Å². The molecule has 0 aromatic heterocycles. The first-order valence-electron chi connectivity index (χ1n) is 8.08. The first-order chi connectivity index (χ1) is 8.88. The third-order valence-corrected chi connectivity index (χ3v) is 13.5. The van der Waals surface area contributed by atoms with Crippen LogP contribution in [0.25, 0.3) is 0 Å². The molecular weight excluding hydrogens is 285 g/mol. The fraction of sp³-hybridized carbons (Fsp3) is 1.00. The highest BCUT2D eigenvalue weighted by Gasteiger charge is 2.24. The minimum atomic E-state index is 0.243. The number of hydrogen-bond donors (Lipinski definition) is 0. The summed E-state index contributed by atoms with van der Waals surface area (Å²) in [6.45, 7) is 17.0. The van der Waals surface area contributed by atoms with E-state index in [1.165, 1.54) is 24.6 Å². The highest BCUT2D eigenvalue weighted by molar-refractivity contribution is 7.64. The van der Waals surface area contributed by atoms with E-state index < -0.39 is 0 Å². The molecule has 0 radical (unpaired) electrons. The summed E-state index contributed by atoms with van der Waals surface area (Å²) in [7, 11) is 0.947. The van der Waals surface area contributed by atoms with Crippen LogP contribution in [0.5, 0.6) is 0 Å². The lowest BCUT2D eigenvalue weighted by Gasteiger charge is -2.33. The highest BCUT2D eigenvalue weighted by Crippen LogP contribution is 2.53. The van der Waals surface area contributed by atoms with Crippen molar-refractivity contribution in [3.05, 3.63) is 0 Å². The lowest BCUT2D eigenvalue weighted by molar-refractivity contribution is 0.780. The molecule has 0 aliphatic carbocycles. The van der Waals surface area contributed by atoms with Crippen molar-refractivity contribution in [3.8, 4) is 0 Å². The summed E-state index contributed by atoms with van der Waals surface area (Å²) < 4.78 is 0. The Morgan fingerprint density at radius 1 is 0.579 bits per heavy atom. The molecule has 0 rings (SSSR count). The smallest absolute Gasteiger partial charge is 0.0179 e. The molecule has 3 heteroatoms. The molecular formula is C16H37P3. The Bertz CT molecular complexity index is 187. The van der Waals surface area contributed by atoms with Crippen LogP contribution in [0.3, 0.4) is 0 Å². The molecule has 0 nitrogen and oxygen atoms in total. The van der Waals surface area contributed by atoms with Crippen molar-refractivity contribution in [2.75, 3.05) is 49.3 Å². The van der Waals surface area contributed by atoms with E-state index in [0.717, 1.165) is 0 Å². The van der Waals surface area contributed by atoms with Gasteiger partial charge >= 0.3 is 0 Å². The Balaban J connectivity index is 4.32. The monoisotopic (exact) mass is 322 g/mol. The normalized spacial score (nSPS) is 12.9. The lowest BCUT2D eigenvalue weighted by atomic mass is 10.3. The minimum Gasteiger partial charge on any atom is -0.107 e. The Labute approximate surface area is 127 Å². The molecule has 0 aromatic rings. The SMILES string of the molecule is CCP(CC)CCP(CCP(CC)CC)C(C)(C)C. The third-order valence-electron chi connectivity index (χ3n) is 4.11. The molecule has 0 heterocycles. The maximum absolute atomic E-state index is 2.49. The van der Waals surface area contributed by atoms with Gasteiger partial charge in [0.05, 0.1) is 0 Å². The second-order valence-electron chi connectivity index (χ2n) is 6.21. The standard InChI is InChI=1S/C16H37P3/c1-8-17(9-2)12-14-19(16(5,6)7)15-13-18(10-3)11-4/h8-15H2,1-7H3. The summed E-state index contributed by atoms with van der Waals surface area (Å²) in [5.41, 5.74) is 0. The first kappa shape index (κ1) is 20.3. The lowest BCUT2D eigenvalue weighted by Crippen LogP contribution is -2.18.